The number of carbonyl (C=O) groups is 2. The fourth-order valence-electron chi connectivity index (χ4n) is 3.64. The van der Waals surface area contributed by atoms with Crippen LogP contribution in [0.2, 0.25) is 0 Å². The van der Waals surface area contributed by atoms with Crippen LogP contribution in [0.25, 0.3) is 0 Å². The predicted octanol–water partition coefficient (Wildman–Crippen LogP) is 3.80. The van der Waals surface area contributed by atoms with Crippen molar-refractivity contribution in [3.8, 4) is 5.75 Å². The van der Waals surface area contributed by atoms with Crippen LogP contribution < -0.4 is 10.1 Å². The standard InChI is InChI=1S/C26H26N2O6S/c1-18-6-9-20(10-7-18)25(29)27-22-4-3-5-23(17-22)34-26(30)21-11-8-19(2)24(16-21)35(31,32)28-12-14-33-15-13-28/h3-11,16-17H,12-15H2,1-2H3,(H,27,29). The van der Waals surface area contributed by atoms with Gasteiger partial charge in [-0.1, -0.05) is 29.8 Å². The van der Waals surface area contributed by atoms with E-state index in [1.807, 2.05) is 19.1 Å². The number of amides is 1. The van der Waals surface area contributed by atoms with Crippen molar-refractivity contribution in [1.82, 2.24) is 4.31 Å². The van der Waals surface area contributed by atoms with Gasteiger partial charge in [0.05, 0.1) is 23.7 Å². The minimum Gasteiger partial charge on any atom is -0.423 e. The molecule has 0 aromatic heterocycles. The summed E-state index contributed by atoms with van der Waals surface area (Å²) in [5, 5.41) is 2.78. The number of hydrogen-bond donors (Lipinski definition) is 1. The topological polar surface area (TPSA) is 102 Å². The molecule has 0 bridgehead atoms. The Hall–Kier alpha value is -3.53. The molecule has 3 aromatic rings. The van der Waals surface area contributed by atoms with Crippen molar-refractivity contribution < 1.29 is 27.5 Å². The van der Waals surface area contributed by atoms with Crippen molar-refractivity contribution in [3.05, 3.63) is 89.0 Å². The van der Waals surface area contributed by atoms with Crippen LogP contribution in [0.15, 0.2) is 71.6 Å². The van der Waals surface area contributed by atoms with Crippen LogP contribution in [-0.2, 0) is 14.8 Å². The number of benzene rings is 3. The summed E-state index contributed by atoms with van der Waals surface area (Å²) in [6, 6.07) is 18.1. The highest BCUT2D eigenvalue weighted by molar-refractivity contribution is 7.89. The normalized spacial score (nSPS) is 14.3. The Morgan fingerprint density at radius 1 is 0.914 bits per heavy atom. The van der Waals surface area contributed by atoms with E-state index < -0.39 is 16.0 Å². The molecule has 0 atom stereocenters. The first kappa shape index (κ1) is 24.6. The molecule has 35 heavy (non-hydrogen) atoms. The van der Waals surface area contributed by atoms with Crippen LogP contribution in [0.4, 0.5) is 5.69 Å². The average Bonchev–Trinajstić information content (AvgIpc) is 2.85. The maximum atomic E-state index is 13.1. The molecule has 1 aliphatic rings. The first-order valence-corrected chi connectivity index (χ1v) is 12.6. The second-order valence-electron chi connectivity index (χ2n) is 8.23. The second kappa shape index (κ2) is 10.4. The molecule has 3 aromatic carbocycles. The lowest BCUT2D eigenvalue weighted by molar-refractivity contribution is 0.0727. The van der Waals surface area contributed by atoms with Crippen molar-refractivity contribution in [2.45, 2.75) is 18.7 Å². The van der Waals surface area contributed by atoms with Crippen molar-refractivity contribution in [2.24, 2.45) is 0 Å². The number of ether oxygens (including phenoxy) is 2. The minimum absolute atomic E-state index is 0.0629. The lowest BCUT2D eigenvalue weighted by Gasteiger charge is -2.26. The molecular weight excluding hydrogens is 468 g/mol. The summed E-state index contributed by atoms with van der Waals surface area (Å²) in [6.45, 7) is 4.81. The van der Waals surface area contributed by atoms with E-state index in [-0.39, 0.29) is 35.2 Å². The molecule has 1 fully saturated rings. The Kier molecular flexibility index (Phi) is 7.30. The van der Waals surface area contributed by atoms with Gasteiger partial charge >= 0.3 is 5.97 Å². The maximum Gasteiger partial charge on any atom is 0.343 e. The van der Waals surface area contributed by atoms with Gasteiger partial charge < -0.3 is 14.8 Å². The maximum absolute atomic E-state index is 13.1. The average molecular weight is 495 g/mol. The van der Waals surface area contributed by atoms with E-state index in [9.17, 15) is 18.0 Å². The molecule has 1 aliphatic heterocycles. The number of aryl methyl sites for hydroxylation is 2. The summed E-state index contributed by atoms with van der Waals surface area (Å²) in [7, 11) is -3.77. The largest absolute Gasteiger partial charge is 0.423 e. The Morgan fingerprint density at radius 3 is 2.31 bits per heavy atom. The highest BCUT2D eigenvalue weighted by Crippen LogP contribution is 2.24. The molecule has 0 saturated carbocycles. The van der Waals surface area contributed by atoms with E-state index in [2.05, 4.69) is 5.32 Å². The van der Waals surface area contributed by atoms with Crippen molar-refractivity contribution in [3.63, 3.8) is 0 Å². The first-order valence-electron chi connectivity index (χ1n) is 11.1. The highest BCUT2D eigenvalue weighted by atomic mass is 32.2. The van der Waals surface area contributed by atoms with Gasteiger partial charge in [-0.15, -0.1) is 0 Å². The van der Waals surface area contributed by atoms with Crippen LogP contribution >= 0.6 is 0 Å². The molecule has 1 N–H and O–H groups in total. The molecule has 0 radical (unpaired) electrons. The van der Waals surface area contributed by atoms with Crippen molar-refractivity contribution >= 4 is 27.6 Å². The minimum atomic E-state index is -3.77. The van der Waals surface area contributed by atoms with Gasteiger partial charge in [0.25, 0.3) is 5.91 Å². The number of nitrogens with one attached hydrogen (secondary N) is 1. The Labute approximate surface area is 204 Å². The van der Waals surface area contributed by atoms with Crippen LogP contribution in [-0.4, -0.2) is 50.9 Å². The lowest BCUT2D eigenvalue weighted by atomic mass is 10.1. The zero-order valence-corrected chi connectivity index (χ0v) is 20.3. The van der Waals surface area contributed by atoms with Crippen LogP contribution in [0, 0.1) is 13.8 Å². The zero-order chi connectivity index (χ0) is 25.0. The smallest absolute Gasteiger partial charge is 0.343 e. The van der Waals surface area contributed by atoms with Crippen LogP contribution in [0.5, 0.6) is 5.75 Å². The van der Waals surface area contributed by atoms with E-state index in [4.69, 9.17) is 9.47 Å². The predicted molar refractivity (Wildman–Crippen MR) is 131 cm³/mol. The molecular formula is C26H26N2O6S. The van der Waals surface area contributed by atoms with Gasteiger partial charge in [0.15, 0.2) is 0 Å². The van der Waals surface area contributed by atoms with E-state index >= 15 is 0 Å². The monoisotopic (exact) mass is 494 g/mol. The van der Waals surface area contributed by atoms with Gasteiger partial charge in [-0.05, 0) is 55.8 Å². The Bertz CT molecular complexity index is 1350. The summed E-state index contributed by atoms with van der Waals surface area (Å²) in [4.78, 5) is 25.4. The number of morpholine rings is 1. The van der Waals surface area contributed by atoms with E-state index in [0.717, 1.165) is 5.56 Å². The third-order valence-electron chi connectivity index (χ3n) is 5.63. The summed E-state index contributed by atoms with van der Waals surface area (Å²) in [6.07, 6.45) is 0. The zero-order valence-electron chi connectivity index (χ0n) is 19.5. The van der Waals surface area contributed by atoms with Crippen LogP contribution in [0.3, 0.4) is 0 Å². The van der Waals surface area contributed by atoms with Gasteiger partial charge in [-0.25, -0.2) is 13.2 Å². The van der Waals surface area contributed by atoms with Gasteiger partial charge in [-0.2, -0.15) is 4.31 Å². The molecule has 0 unspecified atom stereocenters. The molecule has 9 heteroatoms. The third kappa shape index (κ3) is 5.76. The summed E-state index contributed by atoms with van der Waals surface area (Å²) in [5.41, 5.74) is 2.66. The number of rotatable bonds is 6. The van der Waals surface area contributed by atoms with E-state index in [0.29, 0.717) is 30.0 Å². The summed E-state index contributed by atoms with van der Waals surface area (Å²) in [5.74, 6) is -0.773. The number of carbonyl (C=O) groups excluding carboxylic acids is 2. The van der Waals surface area contributed by atoms with Gasteiger partial charge in [0, 0.05) is 30.4 Å². The van der Waals surface area contributed by atoms with E-state index in [1.165, 1.54) is 22.5 Å². The molecule has 1 amide bonds. The van der Waals surface area contributed by atoms with Crippen molar-refractivity contribution in [2.75, 3.05) is 31.6 Å². The van der Waals surface area contributed by atoms with Gasteiger partial charge in [0.1, 0.15) is 5.75 Å². The first-order chi connectivity index (χ1) is 16.7. The number of nitrogens with zero attached hydrogens (tertiary/aromatic N) is 1. The number of anilines is 1. The number of esters is 1. The highest BCUT2D eigenvalue weighted by Gasteiger charge is 2.28. The quantitative estimate of drug-likeness (QED) is 0.413. The molecule has 0 aliphatic carbocycles. The van der Waals surface area contributed by atoms with Crippen LogP contribution in [0.1, 0.15) is 31.8 Å². The SMILES string of the molecule is Cc1ccc(C(=O)Nc2cccc(OC(=O)c3ccc(C)c(S(=O)(=O)N4CCOCC4)c3)c2)cc1. The number of sulfonamides is 1. The lowest BCUT2D eigenvalue weighted by Crippen LogP contribution is -2.40. The number of hydrogen-bond acceptors (Lipinski definition) is 6. The molecule has 0 spiro atoms. The summed E-state index contributed by atoms with van der Waals surface area (Å²) < 4.78 is 38.3. The summed E-state index contributed by atoms with van der Waals surface area (Å²) >= 11 is 0. The molecule has 1 saturated heterocycles. The molecule has 8 nitrogen and oxygen atoms in total. The Balaban J connectivity index is 1.49. The van der Waals surface area contributed by atoms with Gasteiger partial charge in [-0.3, -0.25) is 4.79 Å². The van der Waals surface area contributed by atoms with E-state index in [1.54, 1.807) is 43.3 Å². The Morgan fingerprint density at radius 2 is 1.60 bits per heavy atom. The molecule has 1 heterocycles. The molecule has 182 valence electrons. The fourth-order valence-corrected chi connectivity index (χ4v) is 5.30. The van der Waals surface area contributed by atoms with Gasteiger partial charge in [0.2, 0.25) is 10.0 Å². The van der Waals surface area contributed by atoms with Crippen molar-refractivity contribution in [1.29, 1.82) is 0 Å². The fraction of sp³-hybridized carbons (Fsp3) is 0.231. The third-order valence-corrected chi connectivity index (χ3v) is 7.67. The molecule has 4 rings (SSSR count). The second-order valence-corrected chi connectivity index (χ2v) is 10.1.